The summed E-state index contributed by atoms with van der Waals surface area (Å²) in [6.45, 7) is 2.90. The van der Waals surface area contributed by atoms with E-state index in [9.17, 15) is 19.3 Å². The van der Waals surface area contributed by atoms with Crippen LogP contribution in [0.2, 0.25) is 0 Å². The largest absolute Gasteiger partial charge is 0.336 e. The number of non-ortho nitro benzene ring substituents is 1. The van der Waals surface area contributed by atoms with Gasteiger partial charge in [0, 0.05) is 24.2 Å². The summed E-state index contributed by atoms with van der Waals surface area (Å²) in [5.41, 5.74) is 5.24. The van der Waals surface area contributed by atoms with Crippen LogP contribution in [0.15, 0.2) is 18.2 Å². The smallest absolute Gasteiger partial charge is 0.273 e. The van der Waals surface area contributed by atoms with Crippen molar-refractivity contribution in [3.05, 3.63) is 39.7 Å². The monoisotopic (exact) mass is 295 g/mol. The average molecular weight is 295 g/mol. The number of amides is 1. The maximum Gasteiger partial charge on any atom is 0.273 e. The number of carbonyl (C=O) groups excluding carboxylic acids is 1. The Labute approximate surface area is 121 Å². The van der Waals surface area contributed by atoms with E-state index in [2.05, 4.69) is 0 Å². The van der Waals surface area contributed by atoms with Crippen LogP contribution in [-0.4, -0.2) is 34.9 Å². The molecule has 0 aromatic heterocycles. The topological polar surface area (TPSA) is 89.5 Å². The molecule has 1 aromatic rings. The van der Waals surface area contributed by atoms with Crippen molar-refractivity contribution in [2.24, 2.45) is 11.7 Å². The van der Waals surface area contributed by atoms with Crippen molar-refractivity contribution in [3.8, 4) is 0 Å². The SMILES string of the molecule is CC1CCC(CN)CN1C(=O)c1cc(F)cc([N+](=O)[O-])c1. The minimum absolute atomic E-state index is 0.00576. The predicted molar refractivity (Wildman–Crippen MR) is 75.3 cm³/mol. The molecule has 1 saturated heterocycles. The fraction of sp³-hybridized carbons (Fsp3) is 0.500. The van der Waals surface area contributed by atoms with Gasteiger partial charge in [-0.2, -0.15) is 0 Å². The van der Waals surface area contributed by atoms with Crippen molar-refractivity contribution in [3.63, 3.8) is 0 Å². The number of nitro groups is 1. The summed E-state index contributed by atoms with van der Waals surface area (Å²) in [4.78, 5) is 24.2. The predicted octanol–water partition coefficient (Wildman–Crippen LogP) is 1.93. The lowest BCUT2D eigenvalue weighted by molar-refractivity contribution is -0.385. The summed E-state index contributed by atoms with van der Waals surface area (Å²) in [5.74, 6) is -0.954. The normalized spacial score (nSPS) is 22.1. The van der Waals surface area contributed by atoms with Crippen LogP contribution in [0.25, 0.3) is 0 Å². The number of benzene rings is 1. The van der Waals surface area contributed by atoms with Gasteiger partial charge < -0.3 is 10.6 Å². The quantitative estimate of drug-likeness (QED) is 0.681. The van der Waals surface area contributed by atoms with Crippen LogP contribution >= 0.6 is 0 Å². The Morgan fingerprint density at radius 2 is 2.19 bits per heavy atom. The van der Waals surface area contributed by atoms with Crippen LogP contribution in [-0.2, 0) is 0 Å². The number of hydrogen-bond acceptors (Lipinski definition) is 4. The highest BCUT2D eigenvalue weighted by Crippen LogP contribution is 2.25. The summed E-state index contributed by atoms with van der Waals surface area (Å²) in [6, 6.07) is 2.97. The minimum Gasteiger partial charge on any atom is -0.336 e. The van der Waals surface area contributed by atoms with Gasteiger partial charge in [0.1, 0.15) is 5.82 Å². The third kappa shape index (κ3) is 3.36. The Hall–Kier alpha value is -2.02. The standard InChI is InChI=1S/C14H18FN3O3/c1-9-2-3-10(7-16)8-17(9)14(19)11-4-12(15)6-13(5-11)18(20)21/h4-6,9-10H,2-3,7-8,16H2,1H3. The van der Waals surface area contributed by atoms with Gasteiger partial charge in [0.15, 0.2) is 0 Å². The number of rotatable bonds is 3. The molecule has 0 spiro atoms. The van der Waals surface area contributed by atoms with Gasteiger partial charge >= 0.3 is 0 Å². The molecule has 0 aliphatic carbocycles. The first-order chi connectivity index (χ1) is 9.92. The second kappa shape index (κ2) is 6.17. The maximum absolute atomic E-state index is 13.5. The average Bonchev–Trinajstić information content (AvgIpc) is 2.46. The molecule has 1 aliphatic rings. The van der Waals surface area contributed by atoms with E-state index < -0.39 is 16.4 Å². The summed E-state index contributed by atoms with van der Waals surface area (Å²) in [5, 5.41) is 10.8. The number of halogens is 1. The van der Waals surface area contributed by atoms with E-state index in [0.29, 0.717) is 13.1 Å². The maximum atomic E-state index is 13.5. The molecule has 0 bridgehead atoms. The lowest BCUT2D eigenvalue weighted by atomic mass is 9.93. The molecule has 6 nitrogen and oxygen atoms in total. The molecule has 1 heterocycles. The van der Waals surface area contributed by atoms with E-state index in [1.165, 1.54) is 0 Å². The zero-order valence-corrected chi connectivity index (χ0v) is 11.8. The van der Waals surface area contributed by atoms with Gasteiger partial charge in [0.2, 0.25) is 0 Å². The molecule has 2 N–H and O–H groups in total. The second-order valence-corrected chi connectivity index (χ2v) is 5.44. The molecule has 0 saturated carbocycles. The molecule has 0 radical (unpaired) electrons. The number of hydrogen-bond donors (Lipinski definition) is 1. The Balaban J connectivity index is 2.28. The first-order valence-corrected chi connectivity index (χ1v) is 6.88. The van der Waals surface area contributed by atoms with E-state index in [-0.39, 0.29) is 23.4 Å². The van der Waals surface area contributed by atoms with Crippen molar-refractivity contribution in [2.45, 2.75) is 25.8 Å². The molecule has 2 unspecified atom stereocenters. The third-order valence-corrected chi connectivity index (χ3v) is 3.91. The Morgan fingerprint density at radius 3 is 2.81 bits per heavy atom. The summed E-state index contributed by atoms with van der Waals surface area (Å²) in [7, 11) is 0. The fourth-order valence-corrected chi connectivity index (χ4v) is 2.63. The van der Waals surface area contributed by atoms with Gasteiger partial charge in [-0.15, -0.1) is 0 Å². The van der Waals surface area contributed by atoms with Crippen molar-refractivity contribution >= 4 is 11.6 Å². The lowest BCUT2D eigenvalue weighted by Crippen LogP contribution is -2.47. The van der Waals surface area contributed by atoms with E-state index >= 15 is 0 Å². The number of piperidine rings is 1. The number of carbonyl (C=O) groups is 1. The molecule has 2 atom stereocenters. The molecule has 114 valence electrons. The number of nitro benzene ring substituents is 1. The molecule has 1 fully saturated rings. The lowest BCUT2D eigenvalue weighted by Gasteiger charge is -2.37. The van der Waals surface area contributed by atoms with Crippen molar-refractivity contribution in [1.82, 2.24) is 4.90 Å². The number of nitrogens with zero attached hydrogens (tertiary/aromatic N) is 2. The van der Waals surface area contributed by atoms with Crippen molar-refractivity contribution < 1.29 is 14.1 Å². The van der Waals surface area contributed by atoms with E-state index in [1.807, 2.05) is 6.92 Å². The van der Waals surface area contributed by atoms with Crippen LogP contribution < -0.4 is 5.73 Å². The first-order valence-electron chi connectivity index (χ1n) is 6.88. The zero-order chi connectivity index (χ0) is 15.6. The van der Waals surface area contributed by atoms with Gasteiger partial charge in [0.05, 0.1) is 11.0 Å². The van der Waals surface area contributed by atoms with Crippen LogP contribution in [0.4, 0.5) is 10.1 Å². The van der Waals surface area contributed by atoms with Gasteiger partial charge in [-0.25, -0.2) is 4.39 Å². The van der Waals surface area contributed by atoms with Crippen LogP contribution in [0.1, 0.15) is 30.1 Å². The first kappa shape index (κ1) is 15.4. The molecule has 1 aliphatic heterocycles. The van der Waals surface area contributed by atoms with Crippen LogP contribution in [0.3, 0.4) is 0 Å². The van der Waals surface area contributed by atoms with Crippen molar-refractivity contribution in [2.75, 3.05) is 13.1 Å². The molecule has 21 heavy (non-hydrogen) atoms. The summed E-state index contributed by atoms with van der Waals surface area (Å²) in [6.07, 6.45) is 1.77. The highest BCUT2D eigenvalue weighted by atomic mass is 19.1. The Bertz CT molecular complexity index is 564. The minimum atomic E-state index is -0.785. The summed E-state index contributed by atoms with van der Waals surface area (Å²) < 4.78 is 13.5. The van der Waals surface area contributed by atoms with Gasteiger partial charge in [0.25, 0.3) is 11.6 Å². The highest BCUT2D eigenvalue weighted by molar-refractivity contribution is 5.95. The van der Waals surface area contributed by atoms with Crippen LogP contribution in [0, 0.1) is 21.8 Å². The zero-order valence-electron chi connectivity index (χ0n) is 11.8. The van der Waals surface area contributed by atoms with E-state index in [0.717, 1.165) is 31.0 Å². The van der Waals surface area contributed by atoms with Crippen molar-refractivity contribution in [1.29, 1.82) is 0 Å². The highest BCUT2D eigenvalue weighted by Gasteiger charge is 2.29. The Morgan fingerprint density at radius 1 is 1.48 bits per heavy atom. The molecule has 1 aromatic carbocycles. The van der Waals surface area contributed by atoms with Gasteiger partial charge in [-0.05, 0) is 38.3 Å². The van der Waals surface area contributed by atoms with Gasteiger partial charge in [-0.3, -0.25) is 14.9 Å². The fourth-order valence-electron chi connectivity index (χ4n) is 2.63. The summed E-state index contributed by atoms with van der Waals surface area (Å²) >= 11 is 0. The molecule has 1 amide bonds. The number of nitrogens with two attached hydrogens (primary N) is 1. The van der Waals surface area contributed by atoms with Crippen LogP contribution in [0.5, 0.6) is 0 Å². The molecular formula is C14H18FN3O3. The second-order valence-electron chi connectivity index (χ2n) is 5.44. The van der Waals surface area contributed by atoms with Gasteiger partial charge in [-0.1, -0.05) is 0 Å². The molecule has 2 rings (SSSR count). The Kier molecular flexibility index (Phi) is 4.52. The van der Waals surface area contributed by atoms with E-state index in [1.54, 1.807) is 4.90 Å². The molecular weight excluding hydrogens is 277 g/mol. The third-order valence-electron chi connectivity index (χ3n) is 3.91. The van der Waals surface area contributed by atoms with E-state index in [4.69, 9.17) is 5.73 Å². The number of likely N-dealkylation sites (tertiary alicyclic amines) is 1. The molecule has 7 heteroatoms.